The van der Waals surface area contributed by atoms with E-state index in [1.54, 1.807) is 0 Å². The van der Waals surface area contributed by atoms with Crippen molar-refractivity contribution in [2.24, 2.45) is 0 Å². The zero-order chi connectivity index (χ0) is 12.3. The molecule has 0 spiro atoms. The molecule has 0 heterocycles. The summed E-state index contributed by atoms with van der Waals surface area (Å²) in [6.07, 6.45) is 4.19. The van der Waals surface area contributed by atoms with E-state index in [0.29, 0.717) is 0 Å². The molecule has 1 aliphatic carbocycles. The first-order valence-electron chi connectivity index (χ1n) is 5.76. The fraction of sp³-hybridized carbons (Fsp3) is 0.462. The van der Waals surface area contributed by atoms with E-state index in [1.807, 2.05) is 0 Å². The molecule has 1 fully saturated rings. The van der Waals surface area contributed by atoms with E-state index in [9.17, 15) is 13.6 Å². The van der Waals surface area contributed by atoms with Gasteiger partial charge in [-0.3, -0.25) is 4.79 Å². The molecule has 0 amide bonds. The van der Waals surface area contributed by atoms with E-state index in [-0.39, 0.29) is 18.3 Å². The summed E-state index contributed by atoms with van der Waals surface area (Å²) in [6, 6.07) is 2.86. The molecule has 17 heavy (non-hydrogen) atoms. The van der Waals surface area contributed by atoms with Gasteiger partial charge in [-0.2, -0.15) is 0 Å². The van der Waals surface area contributed by atoms with Crippen molar-refractivity contribution in [3.63, 3.8) is 0 Å². The molecule has 0 radical (unpaired) electrons. The first kappa shape index (κ1) is 12.2. The molecule has 1 aliphatic rings. The van der Waals surface area contributed by atoms with E-state index in [0.717, 1.165) is 43.9 Å². The normalized spacial score (nSPS) is 16.4. The van der Waals surface area contributed by atoms with Crippen molar-refractivity contribution >= 4 is 5.78 Å². The van der Waals surface area contributed by atoms with Gasteiger partial charge in [0.05, 0.1) is 11.7 Å². The Hall–Kier alpha value is -1.29. The molecule has 4 heteroatoms. The second-order valence-corrected chi connectivity index (χ2v) is 4.26. The largest absolute Gasteiger partial charge is 0.370 e. The summed E-state index contributed by atoms with van der Waals surface area (Å²) < 4.78 is 31.5. The van der Waals surface area contributed by atoms with Crippen LogP contribution in [0.3, 0.4) is 0 Å². The molecule has 92 valence electrons. The molecule has 1 aromatic rings. The molecule has 1 aromatic carbocycles. The van der Waals surface area contributed by atoms with Gasteiger partial charge in [0, 0.05) is 0 Å². The Morgan fingerprint density at radius 2 is 2.00 bits per heavy atom. The second kappa shape index (κ2) is 5.36. The quantitative estimate of drug-likeness (QED) is 0.756. The molecule has 0 bridgehead atoms. The van der Waals surface area contributed by atoms with Crippen LogP contribution in [0.1, 0.15) is 36.0 Å². The van der Waals surface area contributed by atoms with Crippen LogP contribution in [0.25, 0.3) is 0 Å². The predicted octanol–water partition coefficient (Wildman–Crippen LogP) is 3.11. The van der Waals surface area contributed by atoms with E-state index in [4.69, 9.17) is 4.74 Å². The maximum absolute atomic E-state index is 13.3. The average molecular weight is 240 g/mol. The molecule has 0 aromatic heterocycles. The summed E-state index contributed by atoms with van der Waals surface area (Å²) in [5.74, 6) is -1.82. The Kier molecular flexibility index (Phi) is 3.84. The summed E-state index contributed by atoms with van der Waals surface area (Å²) in [5.41, 5.74) is -0.233. The smallest absolute Gasteiger partial charge is 0.191 e. The van der Waals surface area contributed by atoms with Gasteiger partial charge < -0.3 is 4.74 Å². The third kappa shape index (κ3) is 3.09. The van der Waals surface area contributed by atoms with Crippen LogP contribution in [-0.2, 0) is 4.74 Å². The minimum atomic E-state index is -0.702. The summed E-state index contributed by atoms with van der Waals surface area (Å²) in [6.45, 7) is -0.176. The van der Waals surface area contributed by atoms with Crippen LogP contribution in [0.4, 0.5) is 8.78 Å². The van der Waals surface area contributed by atoms with Crippen LogP contribution < -0.4 is 0 Å². The van der Waals surface area contributed by atoms with Crippen molar-refractivity contribution in [2.45, 2.75) is 31.8 Å². The van der Waals surface area contributed by atoms with Gasteiger partial charge in [0.15, 0.2) is 5.78 Å². The molecular formula is C13H14F2O2. The summed E-state index contributed by atoms with van der Waals surface area (Å²) in [5, 5.41) is 0. The van der Waals surface area contributed by atoms with Crippen LogP contribution in [0.15, 0.2) is 18.2 Å². The Bertz CT molecular complexity index is 412. The number of Topliss-reactive ketones (excluding diaryl/α,β-unsaturated/α-hetero) is 1. The molecular weight excluding hydrogens is 226 g/mol. The number of rotatable bonds is 4. The van der Waals surface area contributed by atoms with E-state index < -0.39 is 17.4 Å². The number of halogens is 2. The number of ether oxygens (including phenoxy) is 1. The minimum absolute atomic E-state index is 0.0931. The van der Waals surface area contributed by atoms with Crippen LogP contribution in [0.2, 0.25) is 0 Å². The lowest BCUT2D eigenvalue weighted by Crippen LogP contribution is -2.17. The highest BCUT2D eigenvalue weighted by molar-refractivity contribution is 5.97. The highest BCUT2D eigenvalue weighted by Gasteiger charge is 2.18. The van der Waals surface area contributed by atoms with E-state index in [1.165, 1.54) is 0 Å². The van der Waals surface area contributed by atoms with Crippen LogP contribution in [0, 0.1) is 11.6 Å². The Morgan fingerprint density at radius 1 is 1.29 bits per heavy atom. The first-order valence-corrected chi connectivity index (χ1v) is 5.76. The monoisotopic (exact) mass is 240 g/mol. The van der Waals surface area contributed by atoms with E-state index in [2.05, 4.69) is 0 Å². The van der Waals surface area contributed by atoms with E-state index >= 15 is 0 Å². The molecule has 0 saturated heterocycles. The van der Waals surface area contributed by atoms with Crippen molar-refractivity contribution in [1.82, 2.24) is 0 Å². The molecule has 0 aliphatic heterocycles. The van der Waals surface area contributed by atoms with Crippen molar-refractivity contribution < 1.29 is 18.3 Å². The van der Waals surface area contributed by atoms with Crippen molar-refractivity contribution in [3.8, 4) is 0 Å². The fourth-order valence-corrected chi connectivity index (χ4v) is 2.04. The molecule has 1 saturated carbocycles. The number of carbonyl (C=O) groups is 1. The molecule has 2 rings (SSSR count). The zero-order valence-corrected chi connectivity index (χ0v) is 9.42. The highest BCUT2D eigenvalue weighted by atomic mass is 19.1. The first-order chi connectivity index (χ1) is 8.16. The number of benzene rings is 1. The van der Waals surface area contributed by atoms with Gasteiger partial charge >= 0.3 is 0 Å². The lowest BCUT2D eigenvalue weighted by molar-refractivity contribution is 0.0479. The van der Waals surface area contributed by atoms with Crippen LogP contribution in [0.5, 0.6) is 0 Å². The average Bonchev–Trinajstić information content (AvgIpc) is 2.82. The summed E-state index contributed by atoms with van der Waals surface area (Å²) in [7, 11) is 0. The lowest BCUT2D eigenvalue weighted by Gasteiger charge is -2.10. The zero-order valence-electron chi connectivity index (χ0n) is 9.42. The number of carbonyl (C=O) groups excluding carboxylic acids is 1. The molecule has 0 unspecified atom stereocenters. The number of ketones is 1. The second-order valence-electron chi connectivity index (χ2n) is 4.26. The van der Waals surface area contributed by atoms with Crippen molar-refractivity contribution in [1.29, 1.82) is 0 Å². The van der Waals surface area contributed by atoms with Gasteiger partial charge in [-0.05, 0) is 31.0 Å². The molecule has 2 nitrogen and oxygen atoms in total. The predicted molar refractivity (Wildman–Crippen MR) is 58.9 cm³/mol. The van der Waals surface area contributed by atoms with Crippen molar-refractivity contribution in [2.75, 3.05) is 6.61 Å². The van der Waals surface area contributed by atoms with Gasteiger partial charge in [-0.25, -0.2) is 8.78 Å². The number of hydrogen-bond acceptors (Lipinski definition) is 2. The van der Waals surface area contributed by atoms with Crippen molar-refractivity contribution in [3.05, 3.63) is 35.4 Å². The molecule has 0 atom stereocenters. The standard InChI is InChI=1S/C13H14F2O2/c14-9-5-6-12(15)11(7-9)13(16)8-17-10-3-1-2-4-10/h5-7,10H,1-4,8H2. The maximum atomic E-state index is 13.3. The van der Waals surface area contributed by atoms with Gasteiger partial charge in [0.2, 0.25) is 0 Å². The molecule has 0 N–H and O–H groups in total. The van der Waals surface area contributed by atoms with Crippen LogP contribution >= 0.6 is 0 Å². The van der Waals surface area contributed by atoms with Gasteiger partial charge in [-0.1, -0.05) is 12.8 Å². The summed E-state index contributed by atoms with van der Waals surface area (Å²) in [4.78, 5) is 11.6. The Labute approximate surface area is 98.6 Å². The van der Waals surface area contributed by atoms with Gasteiger partial charge in [0.1, 0.15) is 18.2 Å². The highest BCUT2D eigenvalue weighted by Crippen LogP contribution is 2.21. The van der Waals surface area contributed by atoms with Gasteiger partial charge in [-0.15, -0.1) is 0 Å². The SMILES string of the molecule is O=C(COC1CCCC1)c1cc(F)ccc1F. The fourth-order valence-electron chi connectivity index (χ4n) is 2.04. The Morgan fingerprint density at radius 3 is 2.71 bits per heavy atom. The summed E-state index contributed by atoms with van der Waals surface area (Å²) >= 11 is 0. The third-order valence-corrected chi connectivity index (χ3v) is 2.98. The third-order valence-electron chi connectivity index (χ3n) is 2.98. The number of hydrogen-bond donors (Lipinski definition) is 0. The minimum Gasteiger partial charge on any atom is -0.370 e. The maximum Gasteiger partial charge on any atom is 0.191 e. The lowest BCUT2D eigenvalue weighted by atomic mass is 10.1. The topological polar surface area (TPSA) is 26.3 Å². The Balaban J connectivity index is 1.96. The van der Waals surface area contributed by atoms with Crippen LogP contribution in [-0.4, -0.2) is 18.5 Å². The van der Waals surface area contributed by atoms with Gasteiger partial charge in [0.25, 0.3) is 0 Å².